The molecule has 0 saturated heterocycles. The number of nitrogens with zero attached hydrogens (tertiary/aromatic N) is 1. The monoisotopic (exact) mass is 460 g/mol. The Kier molecular flexibility index (Phi) is 7.64. The van der Waals surface area contributed by atoms with E-state index >= 15 is 0 Å². The summed E-state index contributed by atoms with van der Waals surface area (Å²) >= 11 is 1.32. The van der Waals surface area contributed by atoms with Gasteiger partial charge in [0.2, 0.25) is 0 Å². The molecule has 0 aliphatic carbocycles. The number of carbonyl (C=O) groups is 1. The molecule has 1 heterocycles. The van der Waals surface area contributed by atoms with E-state index < -0.39 is 9.84 Å². The van der Waals surface area contributed by atoms with E-state index in [1.54, 1.807) is 41.9 Å². The fourth-order valence-electron chi connectivity index (χ4n) is 2.78. The number of nitrogens with one attached hydrogen (secondary N) is 1. The first-order chi connectivity index (χ1) is 14.9. The van der Waals surface area contributed by atoms with Crippen LogP contribution in [0.1, 0.15) is 36.5 Å². The first-order valence-corrected chi connectivity index (χ1v) is 12.6. The molecule has 0 atom stereocenters. The van der Waals surface area contributed by atoms with Gasteiger partial charge >= 0.3 is 0 Å². The molecule has 9 heteroatoms. The lowest BCUT2D eigenvalue weighted by Gasteiger charge is -2.16. The molecule has 0 fully saturated rings. The number of para-hydroxylation sites is 1. The Morgan fingerprint density at radius 2 is 1.90 bits per heavy atom. The molecule has 3 rings (SSSR count). The summed E-state index contributed by atoms with van der Waals surface area (Å²) in [5, 5.41) is 5.03. The van der Waals surface area contributed by atoms with Crippen LogP contribution < -0.4 is 14.8 Å². The average molecular weight is 461 g/mol. The zero-order valence-corrected chi connectivity index (χ0v) is 19.0. The number of aromatic nitrogens is 1. The number of unbranched alkanes of at least 4 members (excludes halogenated alkanes) is 2. The zero-order valence-electron chi connectivity index (χ0n) is 17.3. The SMILES string of the molecule is CCCCCOc1c(Oc2ccc(S(C)(=O)=O)cc2)cccc1C(=O)Nc1nccs1. The Bertz CT molecular complexity index is 1110. The minimum atomic E-state index is -3.30. The van der Waals surface area contributed by atoms with Crippen molar-refractivity contribution in [1.29, 1.82) is 0 Å². The minimum Gasteiger partial charge on any atom is -0.489 e. The molecular formula is C22H24N2O5S2. The molecule has 1 aromatic heterocycles. The molecule has 0 saturated carbocycles. The summed E-state index contributed by atoms with van der Waals surface area (Å²) in [7, 11) is -3.30. The summed E-state index contributed by atoms with van der Waals surface area (Å²) in [4.78, 5) is 17.1. The summed E-state index contributed by atoms with van der Waals surface area (Å²) in [6, 6.07) is 11.2. The van der Waals surface area contributed by atoms with E-state index in [1.165, 1.54) is 23.5 Å². The number of amides is 1. The molecule has 0 spiro atoms. The number of carbonyl (C=O) groups excluding carboxylic acids is 1. The summed E-state index contributed by atoms with van der Waals surface area (Å²) < 4.78 is 35.2. The van der Waals surface area contributed by atoms with Crippen LogP contribution in [0.4, 0.5) is 5.13 Å². The van der Waals surface area contributed by atoms with Crippen LogP contribution in [0.5, 0.6) is 17.2 Å². The van der Waals surface area contributed by atoms with Crippen LogP contribution in [0.25, 0.3) is 0 Å². The van der Waals surface area contributed by atoms with Crippen molar-refractivity contribution in [3.63, 3.8) is 0 Å². The smallest absolute Gasteiger partial charge is 0.261 e. The lowest BCUT2D eigenvalue weighted by Crippen LogP contribution is -2.14. The highest BCUT2D eigenvalue weighted by atomic mass is 32.2. The Balaban J connectivity index is 1.87. The number of rotatable bonds is 10. The van der Waals surface area contributed by atoms with E-state index in [4.69, 9.17) is 9.47 Å². The molecule has 0 radical (unpaired) electrons. The van der Waals surface area contributed by atoms with Crippen LogP contribution in [-0.4, -0.2) is 32.2 Å². The first-order valence-electron chi connectivity index (χ1n) is 9.83. The number of ether oxygens (including phenoxy) is 2. The molecule has 1 amide bonds. The van der Waals surface area contributed by atoms with Crippen LogP contribution in [0.3, 0.4) is 0 Å². The van der Waals surface area contributed by atoms with Gasteiger partial charge in [-0.05, 0) is 42.8 Å². The van der Waals surface area contributed by atoms with E-state index in [-0.39, 0.29) is 10.8 Å². The van der Waals surface area contributed by atoms with Crippen molar-refractivity contribution in [2.24, 2.45) is 0 Å². The fourth-order valence-corrected chi connectivity index (χ4v) is 3.94. The highest BCUT2D eigenvalue weighted by Gasteiger charge is 2.19. The number of thiazole rings is 1. The van der Waals surface area contributed by atoms with Crippen LogP contribution in [-0.2, 0) is 9.84 Å². The maximum Gasteiger partial charge on any atom is 0.261 e. The molecule has 164 valence electrons. The van der Waals surface area contributed by atoms with Crippen LogP contribution in [0.15, 0.2) is 58.9 Å². The van der Waals surface area contributed by atoms with Crippen LogP contribution in [0, 0.1) is 0 Å². The van der Waals surface area contributed by atoms with Gasteiger partial charge in [-0.1, -0.05) is 25.8 Å². The normalized spacial score (nSPS) is 11.2. The quantitative estimate of drug-likeness (QED) is 0.420. The third-order valence-electron chi connectivity index (χ3n) is 4.35. The van der Waals surface area contributed by atoms with E-state index in [1.807, 2.05) is 0 Å². The molecule has 31 heavy (non-hydrogen) atoms. The maximum absolute atomic E-state index is 12.8. The van der Waals surface area contributed by atoms with Crippen molar-refractivity contribution in [3.8, 4) is 17.2 Å². The molecule has 0 aliphatic heterocycles. The van der Waals surface area contributed by atoms with Gasteiger partial charge in [-0.2, -0.15) is 0 Å². The molecule has 3 aromatic rings. The second-order valence-electron chi connectivity index (χ2n) is 6.83. The van der Waals surface area contributed by atoms with Crippen LogP contribution in [0.2, 0.25) is 0 Å². The summed E-state index contributed by atoms with van der Waals surface area (Å²) in [5.41, 5.74) is 0.331. The van der Waals surface area contributed by atoms with Crippen molar-refractivity contribution < 1.29 is 22.7 Å². The molecule has 2 aromatic carbocycles. The minimum absolute atomic E-state index is 0.201. The highest BCUT2D eigenvalue weighted by Crippen LogP contribution is 2.36. The number of sulfone groups is 1. The lowest BCUT2D eigenvalue weighted by atomic mass is 10.1. The van der Waals surface area contributed by atoms with E-state index in [0.717, 1.165) is 25.5 Å². The van der Waals surface area contributed by atoms with Gasteiger partial charge in [-0.3, -0.25) is 10.1 Å². The van der Waals surface area contributed by atoms with Crippen molar-refractivity contribution >= 4 is 32.2 Å². The largest absolute Gasteiger partial charge is 0.489 e. The van der Waals surface area contributed by atoms with E-state index in [9.17, 15) is 13.2 Å². The van der Waals surface area contributed by atoms with Crippen molar-refractivity contribution in [2.45, 2.75) is 31.1 Å². The molecule has 0 unspecified atom stereocenters. The first kappa shape index (κ1) is 22.8. The van der Waals surface area contributed by atoms with Gasteiger partial charge in [0.1, 0.15) is 5.75 Å². The summed E-state index contributed by atoms with van der Waals surface area (Å²) in [6.07, 6.45) is 5.67. The number of benzene rings is 2. The second kappa shape index (κ2) is 10.4. The van der Waals surface area contributed by atoms with Crippen LogP contribution >= 0.6 is 11.3 Å². The number of anilines is 1. The predicted octanol–water partition coefficient (Wildman–Crippen LogP) is 5.16. The fraction of sp³-hybridized carbons (Fsp3) is 0.273. The summed E-state index contributed by atoms with van der Waals surface area (Å²) in [5.74, 6) is 0.789. The Labute approximate surface area is 186 Å². The molecule has 0 aliphatic rings. The third-order valence-corrected chi connectivity index (χ3v) is 6.17. The topological polar surface area (TPSA) is 94.6 Å². The maximum atomic E-state index is 12.8. The Hall–Kier alpha value is -2.91. The molecular weight excluding hydrogens is 436 g/mol. The van der Waals surface area contributed by atoms with Gasteiger partial charge in [0, 0.05) is 17.8 Å². The molecule has 1 N–H and O–H groups in total. The third kappa shape index (κ3) is 6.28. The lowest BCUT2D eigenvalue weighted by molar-refractivity contribution is 0.102. The van der Waals surface area contributed by atoms with E-state index in [0.29, 0.717) is 34.6 Å². The average Bonchev–Trinajstić information content (AvgIpc) is 3.24. The highest BCUT2D eigenvalue weighted by molar-refractivity contribution is 7.90. The van der Waals surface area contributed by atoms with Gasteiger partial charge in [-0.25, -0.2) is 13.4 Å². The van der Waals surface area contributed by atoms with Crippen molar-refractivity contribution in [1.82, 2.24) is 4.98 Å². The number of hydrogen-bond acceptors (Lipinski definition) is 7. The number of hydrogen-bond donors (Lipinski definition) is 1. The van der Waals surface area contributed by atoms with Gasteiger partial charge in [0.05, 0.1) is 17.1 Å². The van der Waals surface area contributed by atoms with Gasteiger partial charge in [0.25, 0.3) is 5.91 Å². The second-order valence-corrected chi connectivity index (χ2v) is 9.74. The Morgan fingerprint density at radius 3 is 2.55 bits per heavy atom. The van der Waals surface area contributed by atoms with Crippen molar-refractivity contribution in [3.05, 3.63) is 59.6 Å². The van der Waals surface area contributed by atoms with Gasteiger partial charge in [0.15, 0.2) is 26.5 Å². The standard InChI is InChI=1S/C22H24N2O5S2/c1-3-4-5-14-28-20-18(21(25)24-22-23-13-15-30-22)7-6-8-19(20)29-16-9-11-17(12-10-16)31(2,26)27/h6-13,15H,3-5,14H2,1-2H3,(H,23,24,25). The predicted molar refractivity (Wildman–Crippen MR) is 121 cm³/mol. The molecule has 7 nitrogen and oxygen atoms in total. The van der Waals surface area contributed by atoms with Gasteiger partial charge < -0.3 is 9.47 Å². The van der Waals surface area contributed by atoms with Gasteiger partial charge in [-0.15, -0.1) is 11.3 Å². The Morgan fingerprint density at radius 1 is 1.13 bits per heavy atom. The summed E-state index contributed by atoms with van der Waals surface area (Å²) in [6.45, 7) is 2.54. The zero-order chi connectivity index (χ0) is 22.3. The molecule has 0 bridgehead atoms. The van der Waals surface area contributed by atoms with Crippen molar-refractivity contribution in [2.75, 3.05) is 18.2 Å². The van der Waals surface area contributed by atoms with E-state index in [2.05, 4.69) is 17.2 Å².